The second kappa shape index (κ2) is 9.67. The minimum Gasteiger partial charge on any atom is -0.445 e. The van der Waals surface area contributed by atoms with E-state index in [0.29, 0.717) is 18.9 Å². The zero-order valence-corrected chi connectivity index (χ0v) is 21.0. The second-order valence-electron chi connectivity index (χ2n) is 9.84. The van der Waals surface area contributed by atoms with Crippen molar-refractivity contribution in [2.75, 3.05) is 24.5 Å². The van der Waals surface area contributed by atoms with Gasteiger partial charge in [0.05, 0.1) is 23.0 Å². The molecule has 0 spiro atoms. The SMILES string of the molecule is CCN(CC)[C@H]1C[C@H](CN2C(=O)[C@](O)(c3c(F)cc(F)cc3F)c3c2cc(-c2ncco2)cc3C(F)(F)F)C1. The molecule has 1 fully saturated rings. The molecule has 1 amide bonds. The largest absolute Gasteiger partial charge is 0.445 e. The number of alkyl halides is 3. The molecule has 1 aliphatic heterocycles. The van der Waals surface area contributed by atoms with Crippen LogP contribution in [0.4, 0.5) is 32.0 Å². The molecule has 0 saturated heterocycles. The highest BCUT2D eigenvalue weighted by atomic mass is 19.4. The summed E-state index contributed by atoms with van der Waals surface area (Å²) in [6.07, 6.45) is -1.50. The number of aliphatic hydroxyl groups is 1. The van der Waals surface area contributed by atoms with Crippen molar-refractivity contribution in [3.8, 4) is 11.5 Å². The molecule has 0 bridgehead atoms. The Morgan fingerprint density at radius 2 is 1.72 bits per heavy atom. The van der Waals surface area contributed by atoms with Crippen LogP contribution < -0.4 is 4.90 Å². The Kier molecular flexibility index (Phi) is 6.74. The summed E-state index contributed by atoms with van der Waals surface area (Å²) in [5, 5.41) is 11.7. The molecule has 6 nitrogen and oxygen atoms in total. The van der Waals surface area contributed by atoms with E-state index in [1.807, 2.05) is 13.8 Å². The van der Waals surface area contributed by atoms with E-state index in [-0.39, 0.29) is 47.8 Å². The molecule has 1 atom stereocenters. The highest BCUT2D eigenvalue weighted by molar-refractivity contribution is 6.10. The summed E-state index contributed by atoms with van der Waals surface area (Å²) in [6.45, 7) is 5.52. The zero-order chi connectivity index (χ0) is 28.3. The fraction of sp³-hybridized carbons (Fsp3) is 0.407. The number of benzene rings is 2. The Labute approximate surface area is 219 Å². The molecule has 1 aromatic heterocycles. The van der Waals surface area contributed by atoms with Crippen molar-refractivity contribution in [2.24, 2.45) is 5.92 Å². The van der Waals surface area contributed by atoms with E-state index in [4.69, 9.17) is 4.42 Å². The van der Waals surface area contributed by atoms with Gasteiger partial charge in [0.2, 0.25) is 11.5 Å². The van der Waals surface area contributed by atoms with Gasteiger partial charge in [-0.3, -0.25) is 4.79 Å². The molecule has 3 aromatic rings. The molecule has 1 aliphatic carbocycles. The van der Waals surface area contributed by atoms with Gasteiger partial charge in [0, 0.05) is 35.8 Å². The van der Waals surface area contributed by atoms with Crippen molar-refractivity contribution in [1.29, 1.82) is 0 Å². The summed E-state index contributed by atoms with van der Waals surface area (Å²) in [5.74, 6) is -6.42. The molecule has 0 radical (unpaired) electrons. The van der Waals surface area contributed by atoms with E-state index in [9.17, 15) is 36.2 Å². The van der Waals surface area contributed by atoms with E-state index in [2.05, 4.69) is 9.88 Å². The van der Waals surface area contributed by atoms with Gasteiger partial charge in [-0.2, -0.15) is 13.2 Å². The minimum absolute atomic E-state index is 0.0946. The Morgan fingerprint density at radius 1 is 1.08 bits per heavy atom. The molecule has 208 valence electrons. The lowest BCUT2D eigenvalue weighted by Gasteiger charge is -2.43. The molecule has 0 unspecified atom stereocenters. The van der Waals surface area contributed by atoms with Crippen LogP contribution in [0.5, 0.6) is 0 Å². The number of aromatic nitrogens is 1. The molecule has 12 heteroatoms. The van der Waals surface area contributed by atoms with Gasteiger partial charge < -0.3 is 19.3 Å². The van der Waals surface area contributed by atoms with Gasteiger partial charge in [-0.05, 0) is 44.0 Å². The van der Waals surface area contributed by atoms with Crippen molar-refractivity contribution >= 4 is 11.6 Å². The molecule has 39 heavy (non-hydrogen) atoms. The van der Waals surface area contributed by atoms with Crippen LogP contribution >= 0.6 is 0 Å². The van der Waals surface area contributed by atoms with Crippen LogP contribution in [0.25, 0.3) is 11.5 Å². The van der Waals surface area contributed by atoms with Gasteiger partial charge in [0.15, 0.2) is 0 Å². The fourth-order valence-corrected chi connectivity index (χ4v) is 5.79. The Bertz CT molecular complexity index is 1380. The van der Waals surface area contributed by atoms with Crippen LogP contribution in [-0.2, 0) is 16.6 Å². The first-order valence-corrected chi connectivity index (χ1v) is 12.5. The van der Waals surface area contributed by atoms with Crippen molar-refractivity contribution in [2.45, 2.75) is 44.5 Å². The smallest absolute Gasteiger partial charge is 0.416 e. The third-order valence-corrected chi connectivity index (χ3v) is 7.66. The van der Waals surface area contributed by atoms with Crippen LogP contribution in [0.1, 0.15) is 43.4 Å². The number of nitrogens with zero attached hydrogens (tertiary/aromatic N) is 3. The molecule has 2 aromatic carbocycles. The van der Waals surface area contributed by atoms with E-state index in [1.165, 1.54) is 12.3 Å². The Morgan fingerprint density at radius 3 is 2.26 bits per heavy atom. The average Bonchev–Trinajstić information content (AvgIpc) is 3.44. The van der Waals surface area contributed by atoms with Crippen molar-refractivity contribution in [3.05, 3.63) is 70.9 Å². The maximum atomic E-state index is 15.0. The number of carbonyl (C=O) groups is 1. The van der Waals surface area contributed by atoms with E-state index in [1.54, 1.807) is 0 Å². The Hall–Kier alpha value is -3.38. The normalized spacial score (nSPS) is 22.9. The summed E-state index contributed by atoms with van der Waals surface area (Å²) in [5.41, 5.74) is -7.83. The van der Waals surface area contributed by atoms with Crippen LogP contribution in [-0.4, -0.2) is 46.6 Å². The predicted octanol–water partition coefficient (Wildman–Crippen LogP) is 5.48. The van der Waals surface area contributed by atoms with Crippen molar-refractivity contribution in [3.63, 3.8) is 0 Å². The zero-order valence-electron chi connectivity index (χ0n) is 21.0. The fourth-order valence-electron chi connectivity index (χ4n) is 5.79. The molecule has 2 heterocycles. The number of fused-ring (bicyclic) bond motifs is 1. The maximum Gasteiger partial charge on any atom is 0.416 e. The lowest BCUT2D eigenvalue weighted by Crippen LogP contribution is -2.50. The van der Waals surface area contributed by atoms with Gasteiger partial charge in [0.1, 0.15) is 23.7 Å². The summed E-state index contributed by atoms with van der Waals surface area (Å²) >= 11 is 0. The minimum atomic E-state index is -5.16. The summed E-state index contributed by atoms with van der Waals surface area (Å²) in [4.78, 5) is 20.8. The van der Waals surface area contributed by atoms with Gasteiger partial charge in [-0.1, -0.05) is 13.8 Å². The maximum absolute atomic E-state index is 15.0. The molecule has 5 rings (SSSR count). The van der Waals surface area contributed by atoms with Crippen LogP contribution in [0.3, 0.4) is 0 Å². The van der Waals surface area contributed by atoms with Crippen molar-refractivity contribution < 1.29 is 40.7 Å². The second-order valence-corrected chi connectivity index (χ2v) is 9.84. The van der Waals surface area contributed by atoms with Gasteiger partial charge in [-0.25, -0.2) is 18.2 Å². The summed E-state index contributed by atoms with van der Waals surface area (Å²) < 4.78 is 92.2. The van der Waals surface area contributed by atoms with E-state index < -0.39 is 51.8 Å². The standard InChI is InChI=1S/C27H25F6N3O3/c1-3-35(4-2)17-7-14(8-17)13-36-21-10-15(24-34-5-6-39-24)9-18(27(31,32)33)22(21)26(38,25(36)37)23-19(29)11-16(28)12-20(23)30/h5-6,9-12,14,17,38H,3-4,7-8,13H2,1-2H3/t14-,17-,26-/m1/s1. The lowest BCUT2D eigenvalue weighted by molar-refractivity contribution is -0.142. The third kappa shape index (κ3) is 4.39. The number of oxazole rings is 1. The van der Waals surface area contributed by atoms with Gasteiger partial charge in [-0.15, -0.1) is 0 Å². The number of hydrogen-bond acceptors (Lipinski definition) is 5. The number of anilines is 1. The number of halogens is 6. The quantitative estimate of drug-likeness (QED) is 0.393. The summed E-state index contributed by atoms with van der Waals surface area (Å²) in [6, 6.07) is 2.41. The van der Waals surface area contributed by atoms with Crippen LogP contribution in [0, 0.1) is 23.4 Å². The monoisotopic (exact) mass is 553 g/mol. The van der Waals surface area contributed by atoms with Crippen LogP contribution in [0.15, 0.2) is 41.1 Å². The van der Waals surface area contributed by atoms with Gasteiger partial charge in [0.25, 0.3) is 5.91 Å². The summed E-state index contributed by atoms with van der Waals surface area (Å²) in [7, 11) is 0. The third-order valence-electron chi connectivity index (χ3n) is 7.66. The first-order chi connectivity index (χ1) is 18.4. The Balaban J connectivity index is 1.69. The molecule has 1 N–H and O–H groups in total. The highest BCUT2D eigenvalue weighted by Gasteiger charge is 2.58. The van der Waals surface area contributed by atoms with Crippen molar-refractivity contribution in [1.82, 2.24) is 9.88 Å². The van der Waals surface area contributed by atoms with Gasteiger partial charge >= 0.3 is 6.18 Å². The number of carbonyl (C=O) groups excluding carboxylic acids is 1. The number of hydrogen-bond donors (Lipinski definition) is 1. The predicted molar refractivity (Wildman–Crippen MR) is 128 cm³/mol. The first kappa shape index (κ1) is 27.2. The van der Waals surface area contributed by atoms with E-state index >= 15 is 0 Å². The highest BCUT2D eigenvalue weighted by Crippen LogP contribution is 2.53. The molecule has 1 saturated carbocycles. The molecular weight excluding hydrogens is 528 g/mol. The topological polar surface area (TPSA) is 69.8 Å². The molecular formula is C27H25F6N3O3. The molecule has 2 aliphatic rings. The van der Waals surface area contributed by atoms with Crippen LogP contribution in [0.2, 0.25) is 0 Å². The first-order valence-electron chi connectivity index (χ1n) is 12.5. The number of amides is 1. The number of rotatable bonds is 7. The average molecular weight is 554 g/mol. The van der Waals surface area contributed by atoms with E-state index in [0.717, 1.165) is 24.3 Å². The lowest BCUT2D eigenvalue weighted by atomic mass is 9.78.